The van der Waals surface area contributed by atoms with Crippen molar-refractivity contribution in [1.29, 1.82) is 0 Å². The molecular formula is C44H28B3N3O2. The minimum absolute atomic E-state index is 0.0899. The van der Waals surface area contributed by atoms with Crippen molar-refractivity contribution >= 4 is 66.9 Å². The summed E-state index contributed by atoms with van der Waals surface area (Å²) < 4.78 is 1.72. The third-order valence-corrected chi connectivity index (χ3v) is 10.0. The number of rotatable bonds is 6. The lowest BCUT2D eigenvalue weighted by Gasteiger charge is -2.37. The Morgan fingerprint density at radius 2 is 1.10 bits per heavy atom. The molecule has 240 valence electrons. The fourth-order valence-electron chi connectivity index (χ4n) is 7.52. The molecule has 2 heterocycles. The first-order valence-electron chi connectivity index (χ1n) is 17.0. The van der Waals surface area contributed by atoms with Crippen LogP contribution in [0, 0.1) is 0 Å². The van der Waals surface area contributed by atoms with Crippen molar-refractivity contribution in [2.24, 2.45) is 0 Å². The Kier molecular flexibility index (Phi) is 7.44. The first-order chi connectivity index (χ1) is 25.2. The van der Waals surface area contributed by atoms with Gasteiger partial charge in [0, 0.05) is 28.7 Å². The van der Waals surface area contributed by atoms with E-state index in [0.29, 0.717) is 16.7 Å². The SMILES string of the molecule is [B]C([B])(O)C([B])(O)c1nc2ccccc2n1-c1ccc(-c2c3ccccc3c(-c3cccc(-c4cccnc4)c3)c3ccccc23)c2ccccc12. The highest BCUT2D eigenvalue weighted by molar-refractivity contribution is 6.43. The van der Waals surface area contributed by atoms with Crippen molar-refractivity contribution < 1.29 is 10.2 Å². The van der Waals surface area contributed by atoms with Crippen LogP contribution < -0.4 is 0 Å². The van der Waals surface area contributed by atoms with Crippen molar-refractivity contribution in [2.75, 3.05) is 0 Å². The summed E-state index contributed by atoms with van der Waals surface area (Å²) in [5.41, 5.74) is 5.89. The van der Waals surface area contributed by atoms with Crippen molar-refractivity contribution in [2.45, 2.75) is 10.9 Å². The molecule has 8 heteroatoms. The maximum atomic E-state index is 11.4. The fourth-order valence-corrected chi connectivity index (χ4v) is 7.52. The monoisotopic (exact) mass is 663 g/mol. The number of aromatic nitrogens is 3. The Bertz CT molecular complexity index is 2770. The highest BCUT2D eigenvalue weighted by atomic mass is 16.3. The van der Waals surface area contributed by atoms with Gasteiger partial charge in [-0.25, -0.2) is 4.98 Å². The molecule has 52 heavy (non-hydrogen) atoms. The molecule has 9 rings (SSSR count). The van der Waals surface area contributed by atoms with Gasteiger partial charge in [0.1, 0.15) is 29.4 Å². The summed E-state index contributed by atoms with van der Waals surface area (Å²) in [4.78, 5) is 8.98. The topological polar surface area (TPSA) is 71.2 Å². The van der Waals surface area contributed by atoms with E-state index in [-0.39, 0.29) is 5.82 Å². The molecular weight excluding hydrogens is 635 g/mol. The van der Waals surface area contributed by atoms with Crippen LogP contribution in [-0.2, 0) is 5.50 Å². The molecule has 1 unspecified atom stereocenters. The van der Waals surface area contributed by atoms with Gasteiger partial charge in [0.2, 0.25) is 0 Å². The van der Waals surface area contributed by atoms with E-state index in [1.807, 2.05) is 54.7 Å². The van der Waals surface area contributed by atoms with Gasteiger partial charge in [-0.1, -0.05) is 115 Å². The molecule has 2 N–H and O–H groups in total. The number of benzene rings is 7. The summed E-state index contributed by atoms with van der Waals surface area (Å²) in [6.45, 7) is 0. The van der Waals surface area contributed by atoms with Crippen LogP contribution in [0.5, 0.6) is 0 Å². The van der Waals surface area contributed by atoms with Gasteiger partial charge in [-0.15, -0.1) is 0 Å². The Balaban J connectivity index is 1.33. The van der Waals surface area contributed by atoms with E-state index >= 15 is 0 Å². The molecule has 0 aliphatic carbocycles. The lowest BCUT2D eigenvalue weighted by molar-refractivity contribution is -0.00424. The average Bonchev–Trinajstić information content (AvgIpc) is 3.57. The van der Waals surface area contributed by atoms with Crippen LogP contribution in [-0.4, -0.2) is 53.7 Å². The number of imidazole rings is 1. The van der Waals surface area contributed by atoms with Crippen LogP contribution in [0.25, 0.3) is 82.4 Å². The van der Waals surface area contributed by atoms with Crippen molar-refractivity contribution in [3.63, 3.8) is 0 Å². The van der Waals surface area contributed by atoms with Crippen LogP contribution in [0.15, 0.2) is 158 Å². The molecule has 2 aromatic heterocycles. The summed E-state index contributed by atoms with van der Waals surface area (Å²) in [7, 11) is 17.9. The lowest BCUT2D eigenvalue weighted by atomic mass is 9.49. The summed E-state index contributed by atoms with van der Waals surface area (Å²) in [5.74, 6) is -0.0899. The maximum Gasteiger partial charge on any atom is 0.138 e. The molecule has 0 aliphatic rings. The molecule has 0 fully saturated rings. The molecule has 0 bridgehead atoms. The third-order valence-electron chi connectivity index (χ3n) is 10.0. The summed E-state index contributed by atoms with van der Waals surface area (Å²) in [6.07, 6.45) is 3.68. The van der Waals surface area contributed by atoms with Crippen LogP contribution in [0.4, 0.5) is 0 Å². The second kappa shape index (κ2) is 12.1. The molecule has 0 aliphatic heterocycles. The fraction of sp³-hybridized carbons (Fsp3) is 0.0455. The molecule has 5 nitrogen and oxygen atoms in total. The normalized spacial score (nSPS) is 13.2. The number of pyridine rings is 1. The highest BCUT2D eigenvalue weighted by Gasteiger charge is 2.42. The van der Waals surface area contributed by atoms with E-state index in [2.05, 4.69) is 101 Å². The number of fused-ring (bicyclic) bond motifs is 4. The van der Waals surface area contributed by atoms with E-state index in [4.69, 9.17) is 23.5 Å². The van der Waals surface area contributed by atoms with Crippen molar-refractivity contribution in [3.8, 4) is 39.1 Å². The predicted molar refractivity (Wildman–Crippen MR) is 214 cm³/mol. The zero-order valence-corrected chi connectivity index (χ0v) is 28.0. The van der Waals surface area contributed by atoms with Gasteiger partial charge in [0.05, 0.1) is 22.2 Å². The average molecular weight is 663 g/mol. The molecule has 9 aromatic rings. The van der Waals surface area contributed by atoms with E-state index in [1.165, 1.54) is 0 Å². The van der Waals surface area contributed by atoms with Gasteiger partial charge in [-0.3, -0.25) is 9.55 Å². The second-order valence-corrected chi connectivity index (χ2v) is 13.2. The number of hydrogen-bond acceptors (Lipinski definition) is 4. The standard InChI is InChI=1S/C44H28B3N3O2/c45-43(51,44(46,47)52)42-49-37-20-7-8-21-39(37)50(42)38-23-22-36(30-14-1-2-15-31(30)38)41-34-18-5-3-16-32(34)40(33-17-4-6-19-35(33)41)28-12-9-11-27(25-28)29-13-10-24-48-26-29/h1-26,51-52H. The van der Waals surface area contributed by atoms with Crippen LogP contribution in [0.1, 0.15) is 5.82 Å². The Labute approximate surface area is 304 Å². The number of para-hydroxylation sites is 2. The van der Waals surface area contributed by atoms with Gasteiger partial charge in [0.15, 0.2) is 0 Å². The first kappa shape index (κ1) is 32.0. The third kappa shape index (κ3) is 4.98. The molecule has 0 saturated heterocycles. The van der Waals surface area contributed by atoms with Gasteiger partial charge >= 0.3 is 0 Å². The highest BCUT2D eigenvalue weighted by Crippen LogP contribution is 2.46. The van der Waals surface area contributed by atoms with Crippen LogP contribution in [0.2, 0.25) is 0 Å². The number of aliphatic hydroxyl groups is 2. The Hall–Kier alpha value is -5.95. The number of hydrogen-bond donors (Lipinski definition) is 2. The van der Waals surface area contributed by atoms with E-state index < -0.39 is 10.9 Å². The van der Waals surface area contributed by atoms with Gasteiger partial charge in [0.25, 0.3) is 0 Å². The summed E-state index contributed by atoms with van der Waals surface area (Å²) in [5, 5.41) is 25.7. The first-order valence-corrected chi connectivity index (χ1v) is 17.0. The van der Waals surface area contributed by atoms with Gasteiger partial charge < -0.3 is 10.2 Å². The van der Waals surface area contributed by atoms with Crippen LogP contribution in [0.3, 0.4) is 0 Å². The van der Waals surface area contributed by atoms with Crippen molar-refractivity contribution in [1.82, 2.24) is 14.5 Å². The molecule has 1 atom stereocenters. The Morgan fingerprint density at radius 3 is 1.75 bits per heavy atom. The van der Waals surface area contributed by atoms with E-state index in [9.17, 15) is 10.2 Å². The lowest BCUT2D eigenvalue weighted by Crippen LogP contribution is -2.54. The zero-order chi connectivity index (χ0) is 35.6. The minimum Gasteiger partial charge on any atom is -0.407 e. The predicted octanol–water partition coefficient (Wildman–Crippen LogP) is 8.18. The summed E-state index contributed by atoms with van der Waals surface area (Å²) in [6, 6.07) is 49.4. The smallest absolute Gasteiger partial charge is 0.138 e. The molecule has 6 radical (unpaired) electrons. The largest absolute Gasteiger partial charge is 0.407 e. The van der Waals surface area contributed by atoms with Gasteiger partial charge in [-0.05, 0) is 85.1 Å². The second-order valence-electron chi connectivity index (χ2n) is 13.2. The number of nitrogens with zero attached hydrogens (tertiary/aromatic N) is 3. The quantitative estimate of drug-likeness (QED) is 0.139. The molecule has 7 aromatic carbocycles. The summed E-state index contributed by atoms with van der Waals surface area (Å²) >= 11 is 0. The van der Waals surface area contributed by atoms with E-state index in [1.54, 1.807) is 16.8 Å². The van der Waals surface area contributed by atoms with Crippen LogP contribution >= 0.6 is 0 Å². The molecule has 0 saturated carbocycles. The van der Waals surface area contributed by atoms with Gasteiger partial charge in [-0.2, -0.15) is 0 Å². The maximum absolute atomic E-state index is 11.4. The minimum atomic E-state index is -2.68. The Morgan fingerprint density at radius 1 is 0.519 bits per heavy atom. The zero-order valence-electron chi connectivity index (χ0n) is 28.0. The van der Waals surface area contributed by atoms with E-state index in [0.717, 1.165) is 65.7 Å². The molecule has 0 amide bonds. The molecule has 0 spiro atoms. The van der Waals surface area contributed by atoms with Crippen molar-refractivity contribution in [3.05, 3.63) is 164 Å².